The fourth-order valence-electron chi connectivity index (χ4n) is 10.3. The highest BCUT2D eigenvalue weighted by Crippen LogP contribution is 2.19. The molecule has 0 rings (SSSR count). The third-order valence-electron chi connectivity index (χ3n) is 15.2. The van der Waals surface area contributed by atoms with E-state index in [2.05, 4.69) is 55.6 Å². The highest BCUT2D eigenvalue weighted by molar-refractivity contribution is 5.76. The Labute approximate surface area is 440 Å². The van der Waals surface area contributed by atoms with Gasteiger partial charge in [-0.25, -0.2) is 0 Å². The van der Waals surface area contributed by atoms with Gasteiger partial charge in [-0.15, -0.1) is 0 Å². The van der Waals surface area contributed by atoms with Gasteiger partial charge in [-0.1, -0.05) is 339 Å². The Balaban J connectivity index is 3.41. The lowest BCUT2D eigenvalue weighted by atomic mass is 10.0. The van der Waals surface area contributed by atoms with Gasteiger partial charge in [0, 0.05) is 6.42 Å². The van der Waals surface area contributed by atoms with Crippen LogP contribution in [0, 0.1) is 0 Å². The number of hydrogen-bond acceptors (Lipinski definition) is 3. The van der Waals surface area contributed by atoms with Crippen LogP contribution < -0.4 is 5.32 Å². The van der Waals surface area contributed by atoms with E-state index in [-0.39, 0.29) is 12.5 Å². The Kier molecular flexibility index (Phi) is 60.7. The minimum atomic E-state index is -0.660. The molecule has 70 heavy (non-hydrogen) atoms. The molecular formula is C66H127NO3. The second-order valence-corrected chi connectivity index (χ2v) is 22.2. The van der Waals surface area contributed by atoms with E-state index in [9.17, 15) is 15.0 Å². The zero-order valence-electron chi connectivity index (χ0n) is 47.8. The second kappa shape index (κ2) is 61.9. The number of aliphatic hydroxyl groups is 2. The number of allylic oxidation sites excluding steroid dienone is 6. The standard InChI is InChI=1S/C66H127NO3/c1-3-5-7-9-11-13-15-17-19-21-23-25-27-29-30-31-32-33-34-35-36-38-40-42-44-46-48-50-52-54-56-58-60-62-66(70)67-64(63-68)65(69)61-59-57-55-53-51-49-47-45-43-41-39-37-28-26-24-22-20-18-16-14-12-10-8-6-4-2/h15,17,21,23,27,29,64-65,68-69H,3-14,16,18-20,22,24-26,28,30-63H2,1-2H3,(H,67,70)/b17-15-,23-21-,29-27-. The van der Waals surface area contributed by atoms with E-state index in [0.29, 0.717) is 12.8 Å². The Morgan fingerprint density at radius 2 is 0.586 bits per heavy atom. The monoisotopic (exact) mass is 982 g/mol. The van der Waals surface area contributed by atoms with Gasteiger partial charge in [0.1, 0.15) is 0 Å². The number of hydrogen-bond donors (Lipinski definition) is 3. The lowest BCUT2D eigenvalue weighted by molar-refractivity contribution is -0.123. The third-order valence-corrected chi connectivity index (χ3v) is 15.2. The van der Waals surface area contributed by atoms with Crippen LogP contribution >= 0.6 is 0 Å². The molecule has 0 aliphatic heterocycles. The number of rotatable bonds is 60. The van der Waals surface area contributed by atoms with Crippen molar-refractivity contribution in [1.29, 1.82) is 0 Å². The SMILES string of the molecule is CCCCCCC/C=C\C/C=C\C/C=C\CCCCCCCCCCCCCCCCCCCCC(=O)NC(CO)C(O)CCCCCCCCCCCCCCCCCCCCCCCCCCC. The van der Waals surface area contributed by atoms with Crippen LogP contribution in [0.1, 0.15) is 361 Å². The minimum absolute atomic E-state index is 0.0245. The predicted molar refractivity (Wildman–Crippen MR) is 313 cm³/mol. The van der Waals surface area contributed by atoms with E-state index < -0.39 is 12.1 Å². The molecule has 0 saturated carbocycles. The van der Waals surface area contributed by atoms with E-state index >= 15 is 0 Å². The largest absolute Gasteiger partial charge is 0.394 e. The maximum atomic E-state index is 12.5. The first kappa shape index (κ1) is 68.6. The van der Waals surface area contributed by atoms with Gasteiger partial charge in [-0.05, 0) is 51.4 Å². The zero-order valence-corrected chi connectivity index (χ0v) is 47.8. The topological polar surface area (TPSA) is 69.6 Å². The van der Waals surface area contributed by atoms with Crippen LogP contribution in [-0.2, 0) is 4.79 Å². The number of carbonyl (C=O) groups excluding carboxylic acids is 1. The van der Waals surface area contributed by atoms with Gasteiger partial charge < -0.3 is 15.5 Å². The average Bonchev–Trinajstić information content (AvgIpc) is 3.36. The van der Waals surface area contributed by atoms with Crippen molar-refractivity contribution in [2.24, 2.45) is 0 Å². The van der Waals surface area contributed by atoms with Gasteiger partial charge in [0.05, 0.1) is 18.8 Å². The first-order valence-electron chi connectivity index (χ1n) is 32.2. The quantitative estimate of drug-likeness (QED) is 0.0420. The van der Waals surface area contributed by atoms with Crippen molar-refractivity contribution in [3.63, 3.8) is 0 Å². The van der Waals surface area contributed by atoms with Crippen LogP contribution in [0.2, 0.25) is 0 Å². The van der Waals surface area contributed by atoms with Crippen LogP contribution in [0.5, 0.6) is 0 Å². The molecule has 0 aliphatic carbocycles. The highest BCUT2D eigenvalue weighted by Gasteiger charge is 2.20. The summed E-state index contributed by atoms with van der Waals surface area (Å²) in [7, 11) is 0. The third kappa shape index (κ3) is 57.5. The molecule has 0 radical (unpaired) electrons. The molecule has 0 aromatic carbocycles. The van der Waals surface area contributed by atoms with Crippen LogP contribution in [0.4, 0.5) is 0 Å². The molecule has 1 amide bonds. The fourth-order valence-corrected chi connectivity index (χ4v) is 10.3. The number of aliphatic hydroxyl groups excluding tert-OH is 2. The molecule has 0 spiro atoms. The molecule has 2 atom stereocenters. The molecule has 4 heteroatoms. The Bertz CT molecular complexity index is 1070. The molecule has 0 bridgehead atoms. The van der Waals surface area contributed by atoms with Gasteiger partial charge in [0.15, 0.2) is 0 Å². The smallest absolute Gasteiger partial charge is 0.220 e. The molecular weight excluding hydrogens is 855 g/mol. The van der Waals surface area contributed by atoms with E-state index in [0.717, 1.165) is 38.5 Å². The lowest BCUT2D eigenvalue weighted by Gasteiger charge is -2.22. The molecule has 0 fully saturated rings. The maximum Gasteiger partial charge on any atom is 0.220 e. The van der Waals surface area contributed by atoms with Crippen LogP contribution in [0.3, 0.4) is 0 Å². The Morgan fingerprint density at radius 3 is 0.871 bits per heavy atom. The summed E-state index contributed by atoms with van der Waals surface area (Å²) in [5.74, 6) is -0.0245. The van der Waals surface area contributed by atoms with Crippen molar-refractivity contribution in [2.45, 2.75) is 373 Å². The molecule has 4 nitrogen and oxygen atoms in total. The van der Waals surface area contributed by atoms with Gasteiger partial charge in [0.25, 0.3) is 0 Å². The van der Waals surface area contributed by atoms with Crippen molar-refractivity contribution < 1.29 is 15.0 Å². The van der Waals surface area contributed by atoms with E-state index in [4.69, 9.17) is 0 Å². The summed E-state index contributed by atoms with van der Waals surface area (Å²) in [6.45, 7) is 4.39. The van der Waals surface area contributed by atoms with Crippen LogP contribution in [0.15, 0.2) is 36.5 Å². The van der Waals surface area contributed by atoms with Crippen LogP contribution in [0.25, 0.3) is 0 Å². The number of nitrogens with one attached hydrogen (secondary N) is 1. The molecule has 3 N–H and O–H groups in total. The van der Waals surface area contributed by atoms with Crippen molar-refractivity contribution in [1.82, 2.24) is 5.32 Å². The van der Waals surface area contributed by atoms with Gasteiger partial charge in [0.2, 0.25) is 5.91 Å². The lowest BCUT2D eigenvalue weighted by Crippen LogP contribution is -2.45. The van der Waals surface area contributed by atoms with E-state index in [1.165, 1.54) is 295 Å². The normalized spacial score (nSPS) is 12.9. The zero-order chi connectivity index (χ0) is 50.6. The summed E-state index contributed by atoms with van der Waals surface area (Å²) in [5, 5.41) is 23.4. The Morgan fingerprint density at radius 1 is 0.343 bits per heavy atom. The predicted octanol–water partition coefficient (Wildman–Crippen LogP) is 21.6. The molecule has 414 valence electrons. The number of amides is 1. The van der Waals surface area contributed by atoms with E-state index in [1.54, 1.807) is 0 Å². The number of unbranched alkanes of at least 4 members (excludes halogenated alkanes) is 47. The first-order valence-corrected chi connectivity index (χ1v) is 32.2. The maximum absolute atomic E-state index is 12.5. The van der Waals surface area contributed by atoms with E-state index in [1.807, 2.05) is 0 Å². The molecule has 0 aliphatic rings. The van der Waals surface area contributed by atoms with Crippen molar-refractivity contribution >= 4 is 5.91 Å². The van der Waals surface area contributed by atoms with Crippen molar-refractivity contribution in [2.75, 3.05) is 6.61 Å². The second-order valence-electron chi connectivity index (χ2n) is 22.2. The summed E-state index contributed by atoms with van der Waals surface area (Å²) < 4.78 is 0. The van der Waals surface area contributed by atoms with Gasteiger partial charge in [-0.3, -0.25) is 4.79 Å². The first-order chi connectivity index (χ1) is 34.7. The van der Waals surface area contributed by atoms with Gasteiger partial charge in [-0.2, -0.15) is 0 Å². The van der Waals surface area contributed by atoms with Crippen molar-refractivity contribution in [3.8, 4) is 0 Å². The van der Waals surface area contributed by atoms with Crippen molar-refractivity contribution in [3.05, 3.63) is 36.5 Å². The van der Waals surface area contributed by atoms with Gasteiger partial charge >= 0.3 is 0 Å². The molecule has 0 aromatic heterocycles. The molecule has 0 aromatic rings. The average molecular weight is 983 g/mol. The summed E-state index contributed by atoms with van der Waals surface area (Å²) in [6.07, 6.45) is 84.5. The minimum Gasteiger partial charge on any atom is -0.394 e. The Hall–Kier alpha value is -1.39. The number of carbonyl (C=O) groups is 1. The summed E-state index contributed by atoms with van der Waals surface area (Å²) in [4.78, 5) is 12.5. The summed E-state index contributed by atoms with van der Waals surface area (Å²) in [5.41, 5.74) is 0. The summed E-state index contributed by atoms with van der Waals surface area (Å²) in [6, 6.07) is -0.536. The summed E-state index contributed by atoms with van der Waals surface area (Å²) >= 11 is 0. The molecule has 2 unspecified atom stereocenters. The molecule has 0 heterocycles. The highest BCUT2D eigenvalue weighted by atomic mass is 16.3. The molecule has 0 saturated heterocycles. The van der Waals surface area contributed by atoms with Crippen LogP contribution in [-0.4, -0.2) is 34.9 Å². The fraction of sp³-hybridized carbons (Fsp3) is 0.894.